The van der Waals surface area contributed by atoms with E-state index in [-0.39, 0.29) is 12.2 Å². The highest BCUT2D eigenvalue weighted by molar-refractivity contribution is 4.95. The van der Waals surface area contributed by atoms with Crippen LogP contribution in [0.15, 0.2) is 0 Å². The molecule has 3 heteroatoms. The first-order valence-corrected chi connectivity index (χ1v) is 5.06. The lowest BCUT2D eigenvalue weighted by Crippen LogP contribution is -2.59. The van der Waals surface area contributed by atoms with Crippen molar-refractivity contribution in [1.82, 2.24) is 0 Å². The normalized spacial score (nSPS) is 45.0. The van der Waals surface area contributed by atoms with Gasteiger partial charge in [-0.2, -0.15) is 0 Å². The maximum absolute atomic E-state index is 9.57. The third kappa shape index (κ3) is 3.25. The Labute approximate surface area is 81.3 Å². The summed E-state index contributed by atoms with van der Waals surface area (Å²) in [6, 6.07) is 0. The molecule has 0 spiro atoms. The first-order valence-electron chi connectivity index (χ1n) is 5.06. The number of hydrogen-bond donors (Lipinski definition) is 2. The summed E-state index contributed by atoms with van der Waals surface area (Å²) in [6.07, 6.45) is 0.189. The molecule has 0 saturated carbocycles. The highest BCUT2D eigenvalue weighted by Gasteiger charge is 2.39. The van der Waals surface area contributed by atoms with E-state index in [0.717, 1.165) is 6.42 Å². The first-order chi connectivity index (χ1) is 5.93. The standard InChI is InChI=1S/C8H17NO2.C2H6/c1-5-4-8(3,9)7(10)6(2)11-5;1-2/h5-7,10H,4,9H2,1-3H3;1-2H3. The summed E-state index contributed by atoms with van der Waals surface area (Å²) in [4.78, 5) is 0. The van der Waals surface area contributed by atoms with Gasteiger partial charge in [0.25, 0.3) is 0 Å². The van der Waals surface area contributed by atoms with Crippen molar-refractivity contribution in [2.45, 2.75) is 64.9 Å². The molecule has 13 heavy (non-hydrogen) atoms. The van der Waals surface area contributed by atoms with Crippen LogP contribution in [0.2, 0.25) is 0 Å². The van der Waals surface area contributed by atoms with Crippen LogP contribution >= 0.6 is 0 Å². The summed E-state index contributed by atoms with van der Waals surface area (Å²) in [7, 11) is 0. The van der Waals surface area contributed by atoms with Gasteiger partial charge in [0, 0.05) is 5.54 Å². The topological polar surface area (TPSA) is 55.5 Å². The number of aliphatic hydroxyl groups excluding tert-OH is 1. The molecule has 0 aromatic heterocycles. The zero-order valence-electron chi connectivity index (χ0n) is 9.37. The predicted octanol–water partition coefficient (Wildman–Crippen LogP) is 1.29. The smallest absolute Gasteiger partial charge is 0.0976 e. The molecule has 4 atom stereocenters. The molecule has 3 nitrogen and oxygen atoms in total. The highest BCUT2D eigenvalue weighted by atomic mass is 16.5. The second-order valence-electron chi connectivity index (χ2n) is 3.81. The summed E-state index contributed by atoms with van der Waals surface area (Å²) >= 11 is 0. The fourth-order valence-electron chi connectivity index (χ4n) is 1.77. The van der Waals surface area contributed by atoms with E-state index < -0.39 is 11.6 Å². The van der Waals surface area contributed by atoms with E-state index >= 15 is 0 Å². The van der Waals surface area contributed by atoms with Gasteiger partial charge < -0.3 is 15.6 Å². The van der Waals surface area contributed by atoms with Crippen molar-refractivity contribution < 1.29 is 9.84 Å². The second kappa shape index (κ2) is 4.94. The van der Waals surface area contributed by atoms with Crippen LogP contribution in [0.1, 0.15) is 41.0 Å². The van der Waals surface area contributed by atoms with Crippen LogP contribution in [-0.2, 0) is 4.74 Å². The van der Waals surface area contributed by atoms with Gasteiger partial charge in [0.15, 0.2) is 0 Å². The number of ether oxygens (including phenoxy) is 1. The monoisotopic (exact) mass is 189 g/mol. The molecular formula is C10H23NO2. The Hall–Kier alpha value is -0.120. The van der Waals surface area contributed by atoms with E-state index in [9.17, 15) is 5.11 Å². The summed E-state index contributed by atoms with van der Waals surface area (Å²) in [6.45, 7) is 9.70. The van der Waals surface area contributed by atoms with Crippen molar-refractivity contribution in [3.8, 4) is 0 Å². The minimum absolute atomic E-state index is 0.145. The third-order valence-electron chi connectivity index (χ3n) is 2.29. The van der Waals surface area contributed by atoms with Crippen molar-refractivity contribution in [2.75, 3.05) is 0 Å². The number of nitrogens with two attached hydrogens (primary N) is 1. The molecule has 0 aromatic rings. The molecule has 3 N–H and O–H groups in total. The average molecular weight is 189 g/mol. The quantitative estimate of drug-likeness (QED) is 0.603. The fraction of sp³-hybridized carbons (Fsp3) is 1.00. The molecule has 0 bridgehead atoms. The largest absolute Gasteiger partial charge is 0.389 e. The molecule has 0 amide bonds. The van der Waals surface area contributed by atoms with E-state index in [0.29, 0.717) is 0 Å². The zero-order chi connectivity index (χ0) is 10.6. The predicted molar refractivity (Wildman–Crippen MR) is 54.6 cm³/mol. The van der Waals surface area contributed by atoms with Crippen molar-refractivity contribution in [2.24, 2.45) is 5.73 Å². The Morgan fingerprint density at radius 3 is 2.23 bits per heavy atom. The third-order valence-corrected chi connectivity index (χ3v) is 2.29. The van der Waals surface area contributed by atoms with E-state index in [4.69, 9.17) is 10.5 Å². The average Bonchev–Trinajstić information content (AvgIpc) is 2.03. The Balaban J connectivity index is 0.000000671. The van der Waals surface area contributed by atoms with Crippen molar-refractivity contribution in [3.05, 3.63) is 0 Å². The van der Waals surface area contributed by atoms with Gasteiger partial charge in [0.1, 0.15) is 0 Å². The lowest BCUT2D eigenvalue weighted by molar-refractivity contribution is -0.135. The van der Waals surface area contributed by atoms with Gasteiger partial charge >= 0.3 is 0 Å². The van der Waals surface area contributed by atoms with Gasteiger partial charge in [0.2, 0.25) is 0 Å². The maximum Gasteiger partial charge on any atom is 0.0976 e. The van der Waals surface area contributed by atoms with Crippen molar-refractivity contribution >= 4 is 0 Å². The van der Waals surface area contributed by atoms with Gasteiger partial charge in [0.05, 0.1) is 18.3 Å². The first kappa shape index (κ1) is 12.9. The van der Waals surface area contributed by atoms with Gasteiger partial charge in [-0.25, -0.2) is 0 Å². The van der Waals surface area contributed by atoms with E-state index in [1.165, 1.54) is 0 Å². The minimum Gasteiger partial charge on any atom is -0.389 e. The Morgan fingerprint density at radius 1 is 1.38 bits per heavy atom. The number of rotatable bonds is 0. The van der Waals surface area contributed by atoms with Crippen molar-refractivity contribution in [1.29, 1.82) is 0 Å². The van der Waals surface area contributed by atoms with Crippen LogP contribution in [0.5, 0.6) is 0 Å². The molecule has 0 aromatic carbocycles. The molecule has 1 aliphatic rings. The summed E-state index contributed by atoms with van der Waals surface area (Å²) in [5, 5.41) is 9.57. The molecule has 1 aliphatic heterocycles. The van der Waals surface area contributed by atoms with Crippen LogP contribution in [0.25, 0.3) is 0 Å². The fourth-order valence-corrected chi connectivity index (χ4v) is 1.77. The van der Waals surface area contributed by atoms with Crippen molar-refractivity contribution in [3.63, 3.8) is 0 Å². The summed E-state index contributed by atoms with van der Waals surface area (Å²) < 4.78 is 5.40. The van der Waals surface area contributed by atoms with E-state index in [1.54, 1.807) is 0 Å². The summed E-state index contributed by atoms with van der Waals surface area (Å²) in [5.74, 6) is 0. The second-order valence-corrected chi connectivity index (χ2v) is 3.81. The Kier molecular flexibility index (Phi) is 4.89. The van der Waals surface area contributed by atoms with E-state index in [2.05, 4.69) is 0 Å². The molecule has 0 radical (unpaired) electrons. The Morgan fingerprint density at radius 2 is 1.85 bits per heavy atom. The minimum atomic E-state index is -0.543. The van der Waals surface area contributed by atoms with Crippen LogP contribution in [0.3, 0.4) is 0 Å². The van der Waals surface area contributed by atoms with E-state index in [1.807, 2.05) is 34.6 Å². The van der Waals surface area contributed by atoms with Crippen LogP contribution in [0, 0.1) is 0 Å². The number of aliphatic hydroxyl groups is 1. The van der Waals surface area contributed by atoms with Gasteiger partial charge in [-0.15, -0.1) is 0 Å². The molecular weight excluding hydrogens is 166 g/mol. The van der Waals surface area contributed by atoms with Gasteiger partial charge in [-0.1, -0.05) is 13.8 Å². The molecule has 1 rings (SSSR count). The molecule has 80 valence electrons. The van der Waals surface area contributed by atoms with Gasteiger partial charge in [-0.05, 0) is 27.2 Å². The lowest BCUT2D eigenvalue weighted by atomic mass is 9.84. The molecule has 1 saturated heterocycles. The molecule has 1 fully saturated rings. The van der Waals surface area contributed by atoms with Gasteiger partial charge in [-0.3, -0.25) is 0 Å². The maximum atomic E-state index is 9.57. The van der Waals surface area contributed by atoms with Crippen LogP contribution in [-0.4, -0.2) is 29.0 Å². The zero-order valence-corrected chi connectivity index (χ0v) is 9.37. The molecule has 0 aliphatic carbocycles. The van der Waals surface area contributed by atoms with Crippen LogP contribution < -0.4 is 5.73 Å². The summed E-state index contributed by atoms with van der Waals surface area (Å²) in [5.41, 5.74) is 5.38. The molecule has 1 heterocycles. The number of hydrogen-bond acceptors (Lipinski definition) is 3. The Bertz CT molecular complexity index is 148. The SMILES string of the molecule is CC.CC1CC(C)(N)C(O)C(C)O1. The highest BCUT2D eigenvalue weighted by Crippen LogP contribution is 2.26. The molecule has 4 unspecified atom stereocenters. The van der Waals surface area contributed by atoms with Crippen LogP contribution in [0.4, 0.5) is 0 Å². The lowest BCUT2D eigenvalue weighted by Gasteiger charge is -2.42.